The lowest BCUT2D eigenvalue weighted by molar-refractivity contribution is -0.908. The largest absolute Gasteiger partial charge is 0.872 e. The van der Waals surface area contributed by atoms with Crippen LogP contribution in [0.1, 0.15) is 23.6 Å². The predicted octanol–water partition coefficient (Wildman–Crippen LogP) is 1.02. The van der Waals surface area contributed by atoms with Crippen molar-refractivity contribution in [1.82, 2.24) is 4.90 Å². The van der Waals surface area contributed by atoms with Crippen molar-refractivity contribution < 1.29 is 33.5 Å². The summed E-state index contributed by atoms with van der Waals surface area (Å²) in [5.41, 5.74) is -0.0265. The number of hydrogen-bond acceptors (Lipinski definition) is 5. The molecule has 0 aromatic heterocycles. The number of carbonyl (C=O) groups is 2. The van der Waals surface area contributed by atoms with Crippen LogP contribution in [0.5, 0.6) is 5.75 Å². The second-order valence-electron chi connectivity index (χ2n) is 8.31. The Morgan fingerprint density at radius 1 is 1.24 bits per heavy atom. The number of rotatable bonds is 7. The van der Waals surface area contributed by atoms with Gasteiger partial charge in [-0.05, 0) is 23.8 Å². The molecule has 34 heavy (non-hydrogen) atoms. The molecule has 9 heteroatoms. The maximum absolute atomic E-state index is 14.9. The third-order valence-corrected chi connectivity index (χ3v) is 6.57. The van der Waals surface area contributed by atoms with E-state index in [-0.39, 0.29) is 28.3 Å². The second-order valence-corrected chi connectivity index (χ2v) is 8.72. The topological polar surface area (TPSA) is 83.3 Å². The number of carbonyl (C=O) groups excluding carboxylic acids is 2. The summed E-state index contributed by atoms with van der Waals surface area (Å²) in [6.45, 7) is 4.13. The zero-order chi connectivity index (χ0) is 24.2. The van der Waals surface area contributed by atoms with Crippen LogP contribution in [0.15, 0.2) is 48.0 Å². The maximum atomic E-state index is 14.9. The Kier molecular flexibility index (Phi) is 7.50. The zero-order valence-electron chi connectivity index (χ0n) is 18.8. The quantitative estimate of drug-likeness (QED) is 0.357. The Bertz CT molecular complexity index is 1120. The van der Waals surface area contributed by atoms with Gasteiger partial charge in [-0.2, -0.15) is 0 Å². The van der Waals surface area contributed by atoms with E-state index in [1.165, 1.54) is 53.3 Å². The van der Waals surface area contributed by atoms with Gasteiger partial charge in [0, 0.05) is 24.1 Å². The molecule has 2 aromatic rings. The van der Waals surface area contributed by atoms with Crippen molar-refractivity contribution in [3.05, 3.63) is 70.0 Å². The molecular weight excluding hydrogens is 463 g/mol. The molecule has 0 spiro atoms. The highest BCUT2D eigenvalue weighted by atomic mass is 35.5. The van der Waals surface area contributed by atoms with Gasteiger partial charge in [0.1, 0.15) is 24.7 Å². The van der Waals surface area contributed by atoms with Crippen LogP contribution < -0.4 is 14.7 Å². The average Bonchev–Trinajstić information content (AvgIpc) is 3.09. The van der Waals surface area contributed by atoms with Crippen molar-refractivity contribution >= 4 is 29.1 Å². The first-order chi connectivity index (χ1) is 16.4. The molecule has 4 rings (SSSR count). The Labute approximate surface area is 202 Å². The van der Waals surface area contributed by atoms with Crippen LogP contribution >= 0.6 is 11.6 Å². The van der Waals surface area contributed by atoms with Gasteiger partial charge in [-0.15, -0.1) is 0 Å². The van der Waals surface area contributed by atoms with Crippen LogP contribution in [-0.2, 0) is 14.3 Å². The molecule has 0 saturated carbocycles. The summed E-state index contributed by atoms with van der Waals surface area (Å²) in [4.78, 5) is 28.7. The van der Waals surface area contributed by atoms with Crippen LogP contribution in [0, 0.1) is 5.82 Å². The number of ketones is 1. The predicted molar refractivity (Wildman–Crippen MR) is 122 cm³/mol. The number of likely N-dealkylation sites (tertiary alicyclic amines) is 1. The van der Waals surface area contributed by atoms with Crippen LogP contribution in [0.3, 0.4) is 0 Å². The molecule has 1 atom stereocenters. The number of methoxy groups -OCH3 is 1. The third kappa shape index (κ3) is 4.80. The van der Waals surface area contributed by atoms with Gasteiger partial charge in [-0.25, -0.2) is 4.39 Å². The molecule has 2 aromatic carbocycles. The van der Waals surface area contributed by atoms with Gasteiger partial charge in [-0.1, -0.05) is 41.6 Å². The lowest BCUT2D eigenvalue weighted by Crippen LogP contribution is -3.14. The fourth-order valence-electron chi connectivity index (χ4n) is 4.49. The summed E-state index contributed by atoms with van der Waals surface area (Å²) in [7, 11) is 1.45. The molecule has 0 bridgehead atoms. The van der Waals surface area contributed by atoms with Crippen molar-refractivity contribution in [2.24, 2.45) is 0 Å². The number of nitrogens with zero attached hydrogens (tertiary/aromatic N) is 1. The van der Waals surface area contributed by atoms with Gasteiger partial charge in [0.25, 0.3) is 5.91 Å². The van der Waals surface area contributed by atoms with Crippen molar-refractivity contribution in [1.29, 1.82) is 0 Å². The van der Waals surface area contributed by atoms with E-state index in [2.05, 4.69) is 0 Å². The molecule has 7 nitrogen and oxygen atoms in total. The molecule has 0 radical (unpaired) electrons. The normalized spacial score (nSPS) is 20.7. The van der Waals surface area contributed by atoms with Gasteiger partial charge < -0.3 is 24.4 Å². The molecule has 1 N–H and O–H groups in total. The molecule has 0 aliphatic carbocycles. The first kappa shape index (κ1) is 24.2. The minimum atomic E-state index is -1.10. The maximum Gasteiger partial charge on any atom is 0.295 e. The summed E-state index contributed by atoms with van der Waals surface area (Å²) < 4.78 is 25.4. The molecular formula is C25H26ClFN2O5. The van der Waals surface area contributed by atoms with E-state index in [1.54, 1.807) is 6.07 Å². The van der Waals surface area contributed by atoms with Gasteiger partial charge in [0.2, 0.25) is 5.78 Å². The smallest absolute Gasteiger partial charge is 0.295 e. The number of ether oxygens (including phenoxy) is 2. The highest BCUT2D eigenvalue weighted by Crippen LogP contribution is 2.40. The molecule has 2 heterocycles. The number of nitrogens with one attached hydrogen (secondary N) is 1. The fraction of sp³-hybridized carbons (Fsp3) is 0.360. The first-order valence-corrected chi connectivity index (χ1v) is 11.6. The Morgan fingerprint density at radius 3 is 2.65 bits per heavy atom. The molecule has 1 unspecified atom stereocenters. The third-order valence-electron chi connectivity index (χ3n) is 6.27. The fourth-order valence-corrected chi connectivity index (χ4v) is 4.75. The van der Waals surface area contributed by atoms with Crippen LogP contribution in [0.2, 0.25) is 5.02 Å². The monoisotopic (exact) mass is 488 g/mol. The standard InChI is InChI=1S/C25H26ClFN2O5/c1-33-20-8-7-16(15-18(20)26)23(30)21-22(17-5-2-3-6-19(17)27)29(25(32)24(21)31)10-4-9-28-11-13-34-14-12-28/h2-3,5-8,15,22,30H,4,9-14H2,1H3/b23-21+. The highest BCUT2D eigenvalue weighted by molar-refractivity contribution is 6.46. The molecule has 2 aliphatic rings. The Hall–Kier alpha value is -2.94. The van der Waals surface area contributed by atoms with Gasteiger partial charge in [-0.3, -0.25) is 9.59 Å². The molecule has 1 amide bonds. The van der Waals surface area contributed by atoms with E-state index in [0.717, 1.165) is 19.6 Å². The summed E-state index contributed by atoms with van der Waals surface area (Å²) >= 11 is 6.17. The van der Waals surface area contributed by atoms with Gasteiger partial charge in [0.05, 0.1) is 37.9 Å². The summed E-state index contributed by atoms with van der Waals surface area (Å²) in [5.74, 6) is -2.58. The Balaban J connectivity index is 1.70. The van der Waals surface area contributed by atoms with E-state index < -0.39 is 29.3 Å². The number of halogens is 2. The van der Waals surface area contributed by atoms with Crippen molar-refractivity contribution in [3.63, 3.8) is 0 Å². The van der Waals surface area contributed by atoms with E-state index in [9.17, 15) is 19.1 Å². The van der Waals surface area contributed by atoms with Crippen LogP contribution in [0.25, 0.3) is 5.76 Å². The minimum Gasteiger partial charge on any atom is -0.872 e. The summed E-state index contributed by atoms with van der Waals surface area (Å²) in [5, 5.41) is 13.6. The van der Waals surface area contributed by atoms with Crippen molar-refractivity contribution in [3.8, 4) is 5.75 Å². The lowest BCUT2D eigenvalue weighted by Gasteiger charge is -2.29. The summed E-state index contributed by atoms with van der Waals surface area (Å²) in [6.07, 6.45) is 0.606. The summed E-state index contributed by atoms with van der Waals surface area (Å²) in [6, 6.07) is 9.16. The second kappa shape index (κ2) is 10.5. The van der Waals surface area contributed by atoms with E-state index in [1.807, 2.05) is 0 Å². The first-order valence-electron chi connectivity index (χ1n) is 11.2. The van der Waals surface area contributed by atoms with Crippen LogP contribution in [0.4, 0.5) is 4.39 Å². The van der Waals surface area contributed by atoms with E-state index in [4.69, 9.17) is 21.1 Å². The minimum absolute atomic E-state index is 0.114. The van der Waals surface area contributed by atoms with E-state index >= 15 is 0 Å². The van der Waals surface area contributed by atoms with Crippen molar-refractivity contribution in [2.45, 2.75) is 12.5 Å². The Morgan fingerprint density at radius 2 is 1.97 bits per heavy atom. The average molecular weight is 489 g/mol. The van der Waals surface area contributed by atoms with Gasteiger partial charge in [0.15, 0.2) is 0 Å². The molecule has 2 fully saturated rings. The number of hydrogen-bond donors (Lipinski definition) is 1. The molecule has 2 saturated heterocycles. The van der Waals surface area contributed by atoms with E-state index in [0.29, 0.717) is 25.4 Å². The zero-order valence-corrected chi connectivity index (χ0v) is 19.6. The molecule has 2 aliphatic heterocycles. The number of benzene rings is 2. The number of amides is 1. The van der Waals surface area contributed by atoms with Crippen LogP contribution in [-0.4, -0.2) is 63.1 Å². The lowest BCUT2D eigenvalue weighted by atomic mass is 9.95. The number of Topliss-reactive ketones (excluding diaryl/α,β-unsaturated/α-hetero) is 1. The number of quaternary nitrogens is 1. The highest BCUT2D eigenvalue weighted by Gasteiger charge is 2.45. The van der Waals surface area contributed by atoms with Crippen molar-refractivity contribution in [2.75, 3.05) is 46.5 Å². The SMILES string of the molecule is COc1ccc(/C([O-])=C2\C(=O)C(=O)N(CCC[NH+]3CCOCC3)C2c2ccccc2F)cc1Cl. The molecule has 180 valence electrons. The number of morpholine rings is 1. The van der Waals surface area contributed by atoms with Gasteiger partial charge >= 0.3 is 0 Å².